The van der Waals surface area contributed by atoms with Gasteiger partial charge in [0.2, 0.25) is 0 Å². The van der Waals surface area contributed by atoms with Gasteiger partial charge in [0.05, 0.1) is 12.0 Å². The molecule has 0 aliphatic carbocycles. The summed E-state index contributed by atoms with van der Waals surface area (Å²) in [4.78, 5) is 22.7. The molecule has 1 heterocycles. The summed E-state index contributed by atoms with van der Waals surface area (Å²) in [5.41, 5.74) is 0.0664. The van der Waals surface area contributed by atoms with Crippen LogP contribution >= 0.6 is 0 Å². The zero-order chi connectivity index (χ0) is 15.4. The van der Waals surface area contributed by atoms with Crippen molar-refractivity contribution in [2.24, 2.45) is 5.92 Å². The fourth-order valence-electron chi connectivity index (χ4n) is 2.45. The molecule has 7 heteroatoms. The molecule has 7 nitrogen and oxygen atoms in total. The van der Waals surface area contributed by atoms with Crippen molar-refractivity contribution in [1.82, 2.24) is 10.6 Å². The highest BCUT2D eigenvalue weighted by Gasteiger charge is 2.24. The van der Waals surface area contributed by atoms with E-state index in [4.69, 9.17) is 4.74 Å². The topological polar surface area (TPSA) is 93.5 Å². The van der Waals surface area contributed by atoms with Crippen LogP contribution in [0.1, 0.15) is 23.7 Å². The summed E-state index contributed by atoms with van der Waals surface area (Å²) in [7, 11) is 1.36. The molecular formula is C14H19N3O4. The van der Waals surface area contributed by atoms with Crippen molar-refractivity contribution in [3.8, 4) is 5.75 Å². The van der Waals surface area contributed by atoms with Gasteiger partial charge in [-0.2, -0.15) is 0 Å². The van der Waals surface area contributed by atoms with Crippen molar-refractivity contribution in [2.75, 3.05) is 20.2 Å². The number of amides is 1. The Kier molecular flexibility index (Phi) is 4.74. The molecule has 1 aromatic carbocycles. The lowest BCUT2D eigenvalue weighted by atomic mass is 9.95. The van der Waals surface area contributed by atoms with Crippen LogP contribution in [0.3, 0.4) is 0 Å². The third-order valence-corrected chi connectivity index (χ3v) is 3.74. The molecule has 1 aliphatic rings. The standard InChI is InChI=1S/C14H19N3O4/c1-9-8-15-6-5-11(9)16-14(18)10-3-4-13(21-2)12(7-10)17(19)20/h3-4,7,9,11,15H,5-6,8H2,1-2H3,(H,16,18). The second-order valence-electron chi connectivity index (χ2n) is 5.19. The second-order valence-corrected chi connectivity index (χ2v) is 5.19. The van der Waals surface area contributed by atoms with Crippen LogP contribution in [0.15, 0.2) is 18.2 Å². The lowest BCUT2D eigenvalue weighted by molar-refractivity contribution is -0.385. The number of carbonyl (C=O) groups is 1. The van der Waals surface area contributed by atoms with Crippen LogP contribution in [0, 0.1) is 16.0 Å². The molecule has 114 valence electrons. The Morgan fingerprint density at radius 2 is 2.29 bits per heavy atom. The summed E-state index contributed by atoms with van der Waals surface area (Å²) in [5.74, 6) is 0.183. The fraction of sp³-hybridized carbons (Fsp3) is 0.500. The highest BCUT2D eigenvalue weighted by atomic mass is 16.6. The fourth-order valence-corrected chi connectivity index (χ4v) is 2.45. The third kappa shape index (κ3) is 3.49. The van der Waals surface area contributed by atoms with Crippen LogP contribution in [0.25, 0.3) is 0 Å². The van der Waals surface area contributed by atoms with E-state index < -0.39 is 4.92 Å². The van der Waals surface area contributed by atoms with E-state index in [0.29, 0.717) is 5.92 Å². The Bertz CT molecular complexity index is 547. The maximum absolute atomic E-state index is 12.2. The van der Waals surface area contributed by atoms with Gasteiger partial charge in [-0.1, -0.05) is 6.92 Å². The molecule has 1 fully saturated rings. The van der Waals surface area contributed by atoms with E-state index in [-0.39, 0.29) is 28.9 Å². The maximum atomic E-state index is 12.2. The summed E-state index contributed by atoms with van der Waals surface area (Å²) in [5, 5.41) is 17.2. The SMILES string of the molecule is COc1ccc(C(=O)NC2CCNCC2C)cc1[N+](=O)[O-]. The molecule has 1 aliphatic heterocycles. The number of nitro groups is 1. The Balaban J connectivity index is 2.15. The van der Waals surface area contributed by atoms with E-state index in [0.717, 1.165) is 19.5 Å². The molecule has 2 unspecified atom stereocenters. The number of benzene rings is 1. The van der Waals surface area contributed by atoms with E-state index in [2.05, 4.69) is 17.6 Å². The molecule has 0 radical (unpaired) electrons. The Morgan fingerprint density at radius 1 is 1.52 bits per heavy atom. The van der Waals surface area contributed by atoms with Crippen molar-refractivity contribution in [3.05, 3.63) is 33.9 Å². The van der Waals surface area contributed by atoms with E-state index in [9.17, 15) is 14.9 Å². The first-order valence-electron chi connectivity index (χ1n) is 6.87. The van der Waals surface area contributed by atoms with Gasteiger partial charge >= 0.3 is 5.69 Å². The summed E-state index contributed by atoms with van der Waals surface area (Å²) in [6.45, 7) is 3.78. The monoisotopic (exact) mass is 293 g/mol. The molecule has 0 bridgehead atoms. The third-order valence-electron chi connectivity index (χ3n) is 3.74. The Morgan fingerprint density at radius 3 is 2.90 bits per heavy atom. The van der Waals surface area contributed by atoms with Gasteiger partial charge in [0.1, 0.15) is 0 Å². The molecule has 2 rings (SSSR count). The van der Waals surface area contributed by atoms with Crippen LogP contribution < -0.4 is 15.4 Å². The quantitative estimate of drug-likeness (QED) is 0.645. The molecule has 1 amide bonds. The van der Waals surface area contributed by atoms with Crippen LogP contribution in [0.5, 0.6) is 5.75 Å². The Labute approximate surface area is 122 Å². The van der Waals surface area contributed by atoms with Gasteiger partial charge in [0, 0.05) is 17.7 Å². The lowest BCUT2D eigenvalue weighted by Crippen LogP contribution is -2.48. The molecule has 1 aromatic rings. The molecule has 0 saturated carbocycles. The lowest BCUT2D eigenvalue weighted by Gasteiger charge is -2.30. The number of hydrogen-bond donors (Lipinski definition) is 2. The zero-order valence-electron chi connectivity index (χ0n) is 12.1. The summed E-state index contributed by atoms with van der Waals surface area (Å²) < 4.78 is 4.93. The first-order valence-corrected chi connectivity index (χ1v) is 6.87. The summed E-state index contributed by atoms with van der Waals surface area (Å²) >= 11 is 0. The number of carbonyl (C=O) groups excluding carboxylic acids is 1. The van der Waals surface area contributed by atoms with Gasteiger partial charge < -0.3 is 15.4 Å². The van der Waals surface area contributed by atoms with E-state index in [1.807, 2.05) is 0 Å². The number of ether oxygens (including phenoxy) is 1. The number of hydrogen-bond acceptors (Lipinski definition) is 5. The van der Waals surface area contributed by atoms with Gasteiger partial charge in [-0.15, -0.1) is 0 Å². The molecule has 1 saturated heterocycles. The predicted molar refractivity (Wildman–Crippen MR) is 77.6 cm³/mol. The van der Waals surface area contributed by atoms with Gasteiger partial charge in [-0.3, -0.25) is 14.9 Å². The van der Waals surface area contributed by atoms with E-state index in [1.54, 1.807) is 0 Å². The minimum Gasteiger partial charge on any atom is -0.490 e. The average Bonchev–Trinajstić information content (AvgIpc) is 2.48. The maximum Gasteiger partial charge on any atom is 0.311 e. The first kappa shape index (κ1) is 15.2. The van der Waals surface area contributed by atoms with E-state index in [1.165, 1.54) is 25.3 Å². The van der Waals surface area contributed by atoms with Crippen molar-refractivity contribution >= 4 is 11.6 Å². The number of rotatable bonds is 4. The molecule has 2 N–H and O–H groups in total. The number of nitrogens with one attached hydrogen (secondary N) is 2. The van der Waals surface area contributed by atoms with Gasteiger partial charge in [-0.25, -0.2) is 0 Å². The molecule has 2 atom stereocenters. The second kappa shape index (κ2) is 6.53. The summed E-state index contributed by atoms with van der Waals surface area (Å²) in [6, 6.07) is 4.31. The van der Waals surface area contributed by atoms with Gasteiger partial charge in [0.15, 0.2) is 5.75 Å². The zero-order valence-corrected chi connectivity index (χ0v) is 12.1. The van der Waals surface area contributed by atoms with Crippen LogP contribution in [0.4, 0.5) is 5.69 Å². The van der Waals surface area contributed by atoms with Crippen molar-refractivity contribution in [3.63, 3.8) is 0 Å². The summed E-state index contributed by atoms with van der Waals surface area (Å²) in [6.07, 6.45) is 0.852. The number of nitrogens with zero attached hydrogens (tertiary/aromatic N) is 1. The van der Waals surface area contributed by atoms with Crippen molar-refractivity contribution < 1.29 is 14.5 Å². The van der Waals surface area contributed by atoms with Crippen LogP contribution in [-0.4, -0.2) is 37.1 Å². The highest BCUT2D eigenvalue weighted by molar-refractivity contribution is 5.95. The Hall–Kier alpha value is -2.15. The number of piperidine rings is 1. The van der Waals surface area contributed by atoms with Crippen molar-refractivity contribution in [2.45, 2.75) is 19.4 Å². The first-order chi connectivity index (χ1) is 10.0. The van der Waals surface area contributed by atoms with Crippen LogP contribution in [-0.2, 0) is 0 Å². The minimum atomic E-state index is -0.553. The van der Waals surface area contributed by atoms with E-state index >= 15 is 0 Å². The molecule has 0 spiro atoms. The van der Waals surface area contributed by atoms with Gasteiger partial charge in [-0.05, 0) is 37.6 Å². The normalized spacial score (nSPS) is 21.6. The molecule has 0 aromatic heterocycles. The number of nitro benzene ring substituents is 1. The predicted octanol–water partition coefficient (Wildman–Crippen LogP) is 1.33. The minimum absolute atomic E-state index is 0.0832. The number of methoxy groups -OCH3 is 1. The highest BCUT2D eigenvalue weighted by Crippen LogP contribution is 2.27. The smallest absolute Gasteiger partial charge is 0.311 e. The molecule has 21 heavy (non-hydrogen) atoms. The largest absolute Gasteiger partial charge is 0.490 e. The van der Waals surface area contributed by atoms with Crippen molar-refractivity contribution in [1.29, 1.82) is 0 Å². The molecular weight excluding hydrogens is 274 g/mol. The van der Waals surface area contributed by atoms with Crippen LogP contribution in [0.2, 0.25) is 0 Å². The average molecular weight is 293 g/mol. The van der Waals surface area contributed by atoms with Gasteiger partial charge in [0.25, 0.3) is 5.91 Å².